The maximum atomic E-state index is 11.9. The third-order valence-electron chi connectivity index (χ3n) is 3.80. The van der Waals surface area contributed by atoms with Crippen LogP contribution in [-0.4, -0.2) is 54.7 Å². The van der Waals surface area contributed by atoms with Crippen LogP contribution in [0.3, 0.4) is 0 Å². The highest BCUT2D eigenvalue weighted by molar-refractivity contribution is 6.38. The maximum Gasteiger partial charge on any atom is 0.288 e. The molecule has 6 heteroatoms. The van der Waals surface area contributed by atoms with Crippen molar-refractivity contribution in [3.05, 3.63) is 0 Å². The Balaban J connectivity index is 2.29. The predicted octanol–water partition coefficient (Wildman–Crippen LogP) is 0.708. The molecule has 1 aliphatic heterocycles. The van der Waals surface area contributed by atoms with E-state index in [0.717, 1.165) is 19.6 Å². The number of amides is 2. The molecule has 0 saturated carbocycles. The Labute approximate surface area is 133 Å². The number of nitrogens with zero attached hydrogens (tertiary/aromatic N) is 1. The van der Waals surface area contributed by atoms with Crippen LogP contribution >= 0.6 is 0 Å². The van der Waals surface area contributed by atoms with Crippen molar-refractivity contribution in [2.75, 3.05) is 26.2 Å². The first-order chi connectivity index (χ1) is 10.2. The molecule has 0 radical (unpaired) electrons. The first-order valence-corrected chi connectivity index (χ1v) is 8.07. The number of nitrogens with one attached hydrogen (secondary N) is 2. The van der Waals surface area contributed by atoms with Gasteiger partial charge in [0.1, 0.15) is 6.04 Å². The fourth-order valence-electron chi connectivity index (χ4n) is 2.34. The van der Waals surface area contributed by atoms with Crippen molar-refractivity contribution in [2.24, 2.45) is 5.41 Å². The second-order valence-electron chi connectivity index (χ2n) is 6.97. The summed E-state index contributed by atoms with van der Waals surface area (Å²) in [6, 6.07) is -0.708. The van der Waals surface area contributed by atoms with Crippen molar-refractivity contribution >= 4 is 17.6 Å². The van der Waals surface area contributed by atoms with Gasteiger partial charge in [-0.3, -0.25) is 14.4 Å². The molecule has 0 aliphatic carbocycles. The molecule has 126 valence electrons. The molecule has 1 aliphatic rings. The van der Waals surface area contributed by atoms with Crippen LogP contribution < -0.4 is 10.6 Å². The van der Waals surface area contributed by atoms with Gasteiger partial charge in [0.05, 0.1) is 0 Å². The Hall–Kier alpha value is -1.43. The lowest BCUT2D eigenvalue weighted by Gasteiger charge is -2.26. The Morgan fingerprint density at radius 3 is 2.23 bits per heavy atom. The molecule has 1 saturated heterocycles. The second kappa shape index (κ2) is 8.27. The zero-order valence-electron chi connectivity index (χ0n) is 14.2. The Bertz CT molecular complexity index is 409. The first-order valence-electron chi connectivity index (χ1n) is 8.07. The average molecular weight is 311 g/mol. The van der Waals surface area contributed by atoms with E-state index >= 15 is 0 Å². The van der Waals surface area contributed by atoms with Gasteiger partial charge in [-0.25, -0.2) is 0 Å². The maximum absolute atomic E-state index is 11.9. The van der Waals surface area contributed by atoms with Crippen molar-refractivity contribution in [3.63, 3.8) is 0 Å². The highest BCUT2D eigenvalue weighted by Gasteiger charge is 2.29. The van der Waals surface area contributed by atoms with Crippen molar-refractivity contribution < 1.29 is 14.4 Å². The summed E-state index contributed by atoms with van der Waals surface area (Å²) >= 11 is 0. The van der Waals surface area contributed by atoms with Crippen LogP contribution in [0.25, 0.3) is 0 Å². The van der Waals surface area contributed by atoms with E-state index in [1.165, 1.54) is 19.3 Å². The first kappa shape index (κ1) is 18.6. The van der Waals surface area contributed by atoms with Crippen LogP contribution in [0, 0.1) is 5.41 Å². The largest absolute Gasteiger partial charge is 0.353 e. The van der Waals surface area contributed by atoms with Crippen LogP contribution in [-0.2, 0) is 14.4 Å². The van der Waals surface area contributed by atoms with Crippen LogP contribution in [0.15, 0.2) is 0 Å². The van der Waals surface area contributed by atoms with Crippen molar-refractivity contribution in [1.82, 2.24) is 15.5 Å². The van der Waals surface area contributed by atoms with Gasteiger partial charge in [0.15, 0.2) is 0 Å². The van der Waals surface area contributed by atoms with Gasteiger partial charge in [0.2, 0.25) is 11.7 Å². The standard InChI is InChI=1S/C16H29N3O3/c1-12(18-15(22)13(20)16(2,3)4)14(21)17-8-11-19-9-6-5-7-10-19/h12H,5-11H2,1-4H3,(H,17,21)(H,18,22)/t12-/m1/s1. The summed E-state index contributed by atoms with van der Waals surface area (Å²) in [5, 5.41) is 5.27. The molecular weight excluding hydrogens is 282 g/mol. The molecular formula is C16H29N3O3. The second-order valence-corrected chi connectivity index (χ2v) is 6.97. The smallest absolute Gasteiger partial charge is 0.288 e. The van der Waals surface area contributed by atoms with Gasteiger partial charge in [0, 0.05) is 18.5 Å². The number of carbonyl (C=O) groups is 3. The van der Waals surface area contributed by atoms with Crippen molar-refractivity contribution in [3.8, 4) is 0 Å². The fourth-order valence-corrected chi connectivity index (χ4v) is 2.34. The number of piperidine rings is 1. The van der Waals surface area contributed by atoms with Gasteiger partial charge in [0.25, 0.3) is 5.91 Å². The number of rotatable bonds is 6. The average Bonchev–Trinajstić information content (AvgIpc) is 2.46. The molecule has 1 rings (SSSR count). The lowest BCUT2D eigenvalue weighted by molar-refractivity contribution is -0.143. The van der Waals surface area contributed by atoms with Gasteiger partial charge >= 0.3 is 0 Å². The predicted molar refractivity (Wildman–Crippen MR) is 85.4 cm³/mol. The summed E-state index contributed by atoms with van der Waals surface area (Å²) in [6.07, 6.45) is 3.72. The minimum Gasteiger partial charge on any atom is -0.353 e. The Kier molecular flexibility index (Phi) is 7.00. The van der Waals surface area contributed by atoms with E-state index in [1.807, 2.05) is 0 Å². The molecule has 0 aromatic carbocycles. The number of ketones is 1. The van der Waals surface area contributed by atoms with Crippen LogP contribution in [0.4, 0.5) is 0 Å². The molecule has 0 aromatic heterocycles. The third-order valence-corrected chi connectivity index (χ3v) is 3.80. The number of likely N-dealkylation sites (tertiary alicyclic amines) is 1. The molecule has 0 bridgehead atoms. The van der Waals surface area contributed by atoms with Gasteiger partial charge < -0.3 is 15.5 Å². The zero-order chi connectivity index (χ0) is 16.8. The monoisotopic (exact) mass is 311 g/mol. The van der Waals surface area contributed by atoms with Gasteiger partial charge in [-0.15, -0.1) is 0 Å². The Morgan fingerprint density at radius 2 is 1.68 bits per heavy atom. The molecule has 2 N–H and O–H groups in total. The number of Topliss-reactive ketones (excluding diaryl/α,β-unsaturated/α-hetero) is 1. The third kappa shape index (κ3) is 6.13. The minimum absolute atomic E-state index is 0.257. The fraction of sp³-hybridized carbons (Fsp3) is 0.812. The molecule has 6 nitrogen and oxygen atoms in total. The summed E-state index contributed by atoms with van der Waals surface area (Å²) in [7, 11) is 0. The lowest BCUT2D eigenvalue weighted by Crippen LogP contribution is -2.50. The SMILES string of the molecule is C[C@@H](NC(=O)C(=O)C(C)(C)C)C(=O)NCCN1CCCCC1. The molecule has 0 unspecified atom stereocenters. The van der Waals surface area contributed by atoms with Gasteiger partial charge in [-0.05, 0) is 32.9 Å². The number of hydrogen-bond donors (Lipinski definition) is 2. The highest BCUT2D eigenvalue weighted by atomic mass is 16.2. The van der Waals surface area contributed by atoms with E-state index in [2.05, 4.69) is 15.5 Å². The van der Waals surface area contributed by atoms with Crippen LogP contribution in [0.1, 0.15) is 47.0 Å². The molecule has 1 fully saturated rings. The van der Waals surface area contributed by atoms with E-state index in [4.69, 9.17) is 0 Å². The van der Waals surface area contributed by atoms with Gasteiger partial charge in [-0.1, -0.05) is 27.2 Å². The number of carbonyl (C=O) groups excluding carboxylic acids is 3. The summed E-state index contributed by atoms with van der Waals surface area (Å²) in [5.41, 5.74) is -0.742. The molecule has 2 amide bonds. The van der Waals surface area contributed by atoms with Crippen molar-refractivity contribution in [2.45, 2.75) is 53.0 Å². The summed E-state index contributed by atoms with van der Waals surface area (Å²) in [6.45, 7) is 10.2. The molecule has 1 heterocycles. The molecule has 0 aromatic rings. The van der Waals surface area contributed by atoms with Crippen LogP contribution in [0.2, 0.25) is 0 Å². The van der Waals surface area contributed by atoms with Gasteiger partial charge in [-0.2, -0.15) is 0 Å². The summed E-state index contributed by atoms with van der Waals surface area (Å²) in [4.78, 5) is 37.8. The normalized spacial score (nSPS) is 17.6. The molecule has 1 atom stereocenters. The van der Waals surface area contributed by atoms with E-state index < -0.39 is 23.1 Å². The highest BCUT2D eigenvalue weighted by Crippen LogP contribution is 2.14. The van der Waals surface area contributed by atoms with E-state index in [-0.39, 0.29) is 5.91 Å². The molecule has 0 spiro atoms. The number of hydrogen-bond acceptors (Lipinski definition) is 4. The topological polar surface area (TPSA) is 78.5 Å². The summed E-state index contributed by atoms with van der Waals surface area (Å²) < 4.78 is 0. The van der Waals surface area contributed by atoms with Crippen LogP contribution in [0.5, 0.6) is 0 Å². The lowest BCUT2D eigenvalue weighted by atomic mass is 9.90. The molecule has 22 heavy (non-hydrogen) atoms. The van der Waals surface area contributed by atoms with E-state index in [1.54, 1.807) is 27.7 Å². The van der Waals surface area contributed by atoms with Crippen molar-refractivity contribution in [1.29, 1.82) is 0 Å². The minimum atomic E-state index is -0.742. The summed E-state index contributed by atoms with van der Waals surface area (Å²) in [5.74, 6) is -1.47. The quantitative estimate of drug-likeness (QED) is 0.708. The Morgan fingerprint density at radius 1 is 1.09 bits per heavy atom. The van der Waals surface area contributed by atoms with E-state index in [0.29, 0.717) is 6.54 Å². The zero-order valence-corrected chi connectivity index (χ0v) is 14.2. The van der Waals surface area contributed by atoms with E-state index in [9.17, 15) is 14.4 Å².